The van der Waals surface area contributed by atoms with Crippen LogP contribution >= 0.6 is 11.6 Å². The molecule has 0 N–H and O–H groups in total. The fourth-order valence-electron chi connectivity index (χ4n) is 2.80. The van der Waals surface area contributed by atoms with E-state index in [0.29, 0.717) is 0 Å². The summed E-state index contributed by atoms with van der Waals surface area (Å²) >= 11 is 5.64. The van der Waals surface area contributed by atoms with E-state index in [1.807, 2.05) is 48.5 Å². The van der Waals surface area contributed by atoms with E-state index >= 15 is 0 Å². The molecule has 4 heteroatoms. The second-order valence-corrected chi connectivity index (χ2v) is 5.84. The number of nitrogens with zero attached hydrogens (tertiary/aromatic N) is 2. The summed E-state index contributed by atoms with van der Waals surface area (Å²) < 4.78 is 1.75. The molecule has 0 bridgehead atoms. The van der Waals surface area contributed by atoms with Gasteiger partial charge in [0.25, 0.3) is 5.24 Å². The highest BCUT2D eigenvalue weighted by Crippen LogP contribution is 2.27. The molecule has 0 atom stereocenters. The Hall–Kier alpha value is -2.91. The van der Waals surface area contributed by atoms with Crippen LogP contribution in [0.15, 0.2) is 78.9 Å². The summed E-state index contributed by atoms with van der Waals surface area (Å²) in [4.78, 5) is 11.6. The van der Waals surface area contributed by atoms with Gasteiger partial charge in [0.1, 0.15) is 5.69 Å². The Bertz CT molecular complexity index is 1040. The average molecular weight is 333 g/mol. The third-order valence-electron chi connectivity index (χ3n) is 3.96. The van der Waals surface area contributed by atoms with Gasteiger partial charge in [-0.3, -0.25) is 4.79 Å². The van der Waals surface area contributed by atoms with Crippen molar-refractivity contribution in [2.24, 2.45) is 0 Å². The number of hydrogen-bond donors (Lipinski definition) is 0. The molecule has 0 saturated heterocycles. The van der Waals surface area contributed by atoms with Crippen LogP contribution in [0.3, 0.4) is 0 Å². The van der Waals surface area contributed by atoms with E-state index in [2.05, 4.69) is 29.4 Å². The van der Waals surface area contributed by atoms with Crippen molar-refractivity contribution in [3.05, 3.63) is 84.6 Å². The van der Waals surface area contributed by atoms with Crippen molar-refractivity contribution in [2.75, 3.05) is 0 Å². The van der Waals surface area contributed by atoms with Crippen LogP contribution in [0.5, 0.6) is 0 Å². The predicted molar refractivity (Wildman–Crippen MR) is 96.7 cm³/mol. The minimum absolute atomic E-state index is 0.240. The van der Waals surface area contributed by atoms with E-state index in [-0.39, 0.29) is 5.69 Å². The van der Waals surface area contributed by atoms with Crippen molar-refractivity contribution in [3.8, 4) is 16.9 Å². The van der Waals surface area contributed by atoms with Gasteiger partial charge < -0.3 is 0 Å². The number of aromatic nitrogens is 2. The van der Waals surface area contributed by atoms with Crippen LogP contribution in [0.4, 0.5) is 0 Å². The number of rotatable bonds is 3. The van der Waals surface area contributed by atoms with Gasteiger partial charge in [-0.05, 0) is 46.6 Å². The number of carbonyl (C=O) groups is 1. The normalized spacial score (nSPS) is 10.9. The molecule has 0 aliphatic rings. The Kier molecular flexibility index (Phi) is 3.63. The van der Waals surface area contributed by atoms with Crippen LogP contribution < -0.4 is 0 Å². The van der Waals surface area contributed by atoms with Gasteiger partial charge in [-0.15, -0.1) is 0 Å². The van der Waals surface area contributed by atoms with E-state index in [1.165, 1.54) is 5.39 Å². The lowest BCUT2D eigenvalue weighted by molar-refractivity contribution is 0.107. The number of halogens is 1. The van der Waals surface area contributed by atoms with E-state index in [4.69, 9.17) is 11.6 Å². The maximum atomic E-state index is 11.6. The summed E-state index contributed by atoms with van der Waals surface area (Å²) in [6.07, 6.45) is 0. The zero-order valence-corrected chi connectivity index (χ0v) is 13.4. The summed E-state index contributed by atoms with van der Waals surface area (Å²) in [5.41, 5.74) is 2.93. The number of hydrogen-bond acceptors (Lipinski definition) is 2. The van der Waals surface area contributed by atoms with Crippen molar-refractivity contribution in [2.45, 2.75) is 0 Å². The molecule has 116 valence electrons. The summed E-state index contributed by atoms with van der Waals surface area (Å²) in [6, 6.07) is 25.8. The quantitative estimate of drug-likeness (QED) is 0.491. The van der Waals surface area contributed by atoms with E-state index < -0.39 is 5.24 Å². The molecule has 0 aliphatic heterocycles. The largest absolute Gasteiger partial charge is 0.274 e. The molecule has 0 radical (unpaired) electrons. The van der Waals surface area contributed by atoms with Crippen molar-refractivity contribution < 1.29 is 4.79 Å². The van der Waals surface area contributed by atoms with Gasteiger partial charge >= 0.3 is 0 Å². The molecule has 4 rings (SSSR count). The Morgan fingerprint density at radius 2 is 1.54 bits per heavy atom. The van der Waals surface area contributed by atoms with Gasteiger partial charge in [0.15, 0.2) is 0 Å². The molecular weight excluding hydrogens is 320 g/mol. The van der Waals surface area contributed by atoms with Gasteiger partial charge in [0.05, 0.1) is 11.4 Å². The molecule has 3 aromatic carbocycles. The van der Waals surface area contributed by atoms with Crippen molar-refractivity contribution >= 4 is 27.6 Å². The molecule has 24 heavy (non-hydrogen) atoms. The van der Waals surface area contributed by atoms with Crippen molar-refractivity contribution in [1.29, 1.82) is 0 Å². The molecule has 0 unspecified atom stereocenters. The molecule has 0 aliphatic carbocycles. The number of fused-ring (bicyclic) bond motifs is 1. The highest BCUT2D eigenvalue weighted by atomic mass is 35.5. The third-order valence-corrected chi connectivity index (χ3v) is 4.15. The zero-order valence-electron chi connectivity index (χ0n) is 12.7. The number of benzene rings is 3. The summed E-state index contributed by atoms with van der Waals surface area (Å²) in [5.74, 6) is 0. The smallest absolute Gasteiger partial charge is 0.272 e. The predicted octanol–water partition coefficient (Wildman–Crippen LogP) is 5.07. The van der Waals surface area contributed by atoms with Crippen LogP contribution in [-0.2, 0) is 0 Å². The molecule has 0 spiro atoms. The fraction of sp³-hybridized carbons (Fsp3) is 0. The monoisotopic (exact) mass is 332 g/mol. The van der Waals surface area contributed by atoms with E-state index in [0.717, 1.165) is 22.3 Å². The van der Waals surface area contributed by atoms with Gasteiger partial charge in [-0.1, -0.05) is 54.6 Å². The van der Waals surface area contributed by atoms with Crippen LogP contribution in [0, 0.1) is 0 Å². The summed E-state index contributed by atoms with van der Waals surface area (Å²) in [6.45, 7) is 0. The number of para-hydroxylation sites is 1. The highest BCUT2D eigenvalue weighted by molar-refractivity contribution is 6.67. The van der Waals surface area contributed by atoms with Gasteiger partial charge in [0.2, 0.25) is 0 Å². The minimum atomic E-state index is -0.563. The first kappa shape index (κ1) is 14.7. The average Bonchev–Trinajstić information content (AvgIpc) is 3.08. The molecule has 0 saturated carbocycles. The van der Waals surface area contributed by atoms with Gasteiger partial charge in [-0.25, -0.2) is 4.68 Å². The lowest BCUT2D eigenvalue weighted by atomic mass is 10.0. The Balaban J connectivity index is 1.94. The molecule has 3 nitrogen and oxygen atoms in total. The maximum absolute atomic E-state index is 11.6. The lowest BCUT2D eigenvalue weighted by Gasteiger charge is -2.08. The lowest BCUT2D eigenvalue weighted by Crippen LogP contribution is -2.00. The molecular formula is C20H13ClN2O. The number of carbonyl (C=O) groups excluding carboxylic acids is 1. The molecule has 4 aromatic rings. The SMILES string of the molecule is O=C(Cl)c1cc(-c2ccc3ccccc3c2)n(-c2ccccc2)n1. The third kappa shape index (κ3) is 2.59. The highest BCUT2D eigenvalue weighted by Gasteiger charge is 2.15. The van der Waals surface area contributed by atoms with Crippen LogP contribution in [0.2, 0.25) is 0 Å². The zero-order chi connectivity index (χ0) is 16.5. The second-order valence-electron chi connectivity index (χ2n) is 5.50. The standard InChI is InChI=1S/C20H13ClN2O/c21-20(24)18-13-19(23(22-18)17-8-2-1-3-9-17)16-11-10-14-6-4-5-7-15(14)12-16/h1-13H. The second kappa shape index (κ2) is 5.95. The van der Waals surface area contributed by atoms with Crippen LogP contribution in [-0.4, -0.2) is 15.0 Å². The van der Waals surface area contributed by atoms with Crippen LogP contribution in [0.25, 0.3) is 27.7 Å². The maximum Gasteiger partial charge on any atom is 0.272 e. The van der Waals surface area contributed by atoms with Gasteiger partial charge in [0, 0.05) is 5.56 Å². The molecule has 1 heterocycles. The Labute approximate surface area is 144 Å². The van der Waals surface area contributed by atoms with Crippen LogP contribution in [0.1, 0.15) is 10.5 Å². The molecule has 1 aromatic heterocycles. The first-order chi connectivity index (χ1) is 11.7. The topological polar surface area (TPSA) is 34.9 Å². The molecule has 0 fully saturated rings. The molecule has 0 amide bonds. The Morgan fingerprint density at radius 3 is 2.29 bits per heavy atom. The Morgan fingerprint density at radius 1 is 0.833 bits per heavy atom. The summed E-state index contributed by atoms with van der Waals surface area (Å²) in [7, 11) is 0. The van der Waals surface area contributed by atoms with Crippen molar-refractivity contribution in [3.63, 3.8) is 0 Å². The first-order valence-corrected chi connectivity index (χ1v) is 7.95. The van der Waals surface area contributed by atoms with E-state index in [1.54, 1.807) is 10.7 Å². The van der Waals surface area contributed by atoms with E-state index in [9.17, 15) is 4.79 Å². The minimum Gasteiger partial charge on any atom is -0.274 e. The summed E-state index contributed by atoms with van der Waals surface area (Å²) in [5, 5.41) is 6.11. The fourth-order valence-corrected chi connectivity index (χ4v) is 2.89. The van der Waals surface area contributed by atoms with Crippen molar-refractivity contribution in [1.82, 2.24) is 9.78 Å². The first-order valence-electron chi connectivity index (χ1n) is 7.57. The van der Waals surface area contributed by atoms with Gasteiger partial charge in [-0.2, -0.15) is 5.10 Å².